The van der Waals surface area contributed by atoms with Crippen molar-refractivity contribution in [3.05, 3.63) is 87.4 Å². The number of anilines is 1. The van der Waals surface area contributed by atoms with Crippen molar-refractivity contribution >= 4 is 23.2 Å². The topological polar surface area (TPSA) is 83.7 Å². The zero-order chi connectivity index (χ0) is 22.8. The van der Waals surface area contributed by atoms with Crippen molar-refractivity contribution in [2.75, 3.05) is 5.32 Å². The molecule has 0 spiro atoms. The molecular formula is C26H27N3O3. The highest BCUT2D eigenvalue weighted by Crippen LogP contribution is 2.30. The smallest absolute Gasteiger partial charge is 0.291 e. The lowest BCUT2D eigenvalue weighted by molar-refractivity contribution is 0.0953. The van der Waals surface area contributed by atoms with E-state index in [0.717, 1.165) is 57.8 Å². The molecule has 2 aromatic carbocycles. The lowest BCUT2D eigenvalue weighted by Gasteiger charge is -2.13. The van der Waals surface area contributed by atoms with Crippen molar-refractivity contribution in [2.24, 2.45) is 5.10 Å². The van der Waals surface area contributed by atoms with Crippen LogP contribution in [0.3, 0.4) is 0 Å². The minimum Gasteiger partial charge on any atom is -0.455 e. The van der Waals surface area contributed by atoms with Gasteiger partial charge in [0.05, 0.1) is 5.71 Å². The number of nitrogens with one attached hydrogen (secondary N) is 2. The van der Waals surface area contributed by atoms with Crippen LogP contribution in [-0.2, 0) is 6.42 Å². The Labute approximate surface area is 187 Å². The molecule has 4 rings (SSSR count). The number of amides is 2. The lowest BCUT2D eigenvalue weighted by atomic mass is 9.93. The number of rotatable bonds is 4. The molecule has 0 radical (unpaired) electrons. The van der Waals surface area contributed by atoms with Crippen molar-refractivity contribution in [3.8, 4) is 0 Å². The molecule has 0 fully saturated rings. The molecule has 0 unspecified atom stereocenters. The predicted molar refractivity (Wildman–Crippen MR) is 125 cm³/mol. The largest absolute Gasteiger partial charge is 0.455 e. The number of carbonyl (C=O) groups is 2. The molecule has 1 aromatic heterocycles. The van der Waals surface area contributed by atoms with Crippen LogP contribution in [0.15, 0.2) is 52.0 Å². The second kappa shape index (κ2) is 8.83. The number of benzene rings is 2. The molecule has 164 valence electrons. The summed E-state index contributed by atoms with van der Waals surface area (Å²) in [5.74, 6) is 0.475. The molecule has 1 aliphatic carbocycles. The van der Waals surface area contributed by atoms with E-state index in [2.05, 4.69) is 15.8 Å². The summed E-state index contributed by atoms with van der Waals surface area (Å²) in [6, 6.07) is 13.2. The van der Waals surface area contributed by atoms with Crippen molar-refractivity contribution in [3.63, 3.8) is 0 Å². The second-order valence-corrected chi connectivity index (χ2v) is 8.35. The summed E-state index contributed by atoms with van der Waals surface area (Å²) in [7, 11) is 0. The van der Waals surface area contributed by atoms with Crippen LogP contribution in [0.25, 0.3) is 0 Å². The first-order chi connectivity index (χ1) is 15.3. The first kappa shape index (κ1) is 21.6. The summed E-state index contributed by atoms with van der Waals surface area (Å²) in [6.45, 7) is 7.81. The number of hydrogen-bond donors (Lipinski definition) is 2. The molecule has 0 bridgehead atoms. The number of furan rings is 1. The van der Waals surface area contributed by atoms with Gasteiger partial charge in [0.2, 0.25) is 0 Å². The van der Waals surface area contributed by atoms with Crippen LogP contribution >= 0.6 is 0 Å². The number of hydrazone groups is 1. The van der Waals surface area contributed by atoms with E-state index in [1.807, 2.05) is 58.0 Å². The van der Waals surface area contributed by atoms with Gasteiger partial charge in [-0.3, -0.25) is 9.59 Å². The third-order valence-electron chi connectivity index (χ3n) is 5.77. The van der Waals surface area contributed by atoms with E-state index in [9.17, 15) is 9.59 Å². The van der Waals surface area contributed by atoms with Gasteiger partial charge in [-0.05, 0) is 64.3 Å². The highest BCUT2D eigenvalue weighted by Gasteiger charge is 2.28. The summed E-state index contributed by atoms with van der Waals surface area (Å²) in [6.07, 6.45) is 2.29. The minimum atomic E-state index is -0.285. The van der Waals surface area contributed by atoms with Crippen molar-refractivity contribution < 1.29 is 14.0 Å². The monoisotopic (exact) mass is 429 g/mol. The first-order valence-electron chi connectivity index (χ1n) is 10.8. The third-order valence-corrected chi connectivity index (χ3v) is 5.77. The fourth-order valence-electron chi connectivity index (χ4n) is 4.02. The van der Waals surface area contributed by atoms with Crippen LogP contribution in [0, 0.1) is 27.7 Å². The van der Waals surface area contributed by atoms with Gasteiger partial charge in [0, 0.05) is 28.8 Å². The van der Waals surface area contributed by atoms with E-state index >= 15 is 0 Å². The highest BCUT2D eigenvalue weighted by atomic mass is 16.4. The molecular weight excluding hydrogens is 402 g/mol. The average molecular weight is 430 g/mol. The molecule has 1 aliphatic rings. The Hall–Kier alpha value is -3.67. The van der Waals surface area contributed by atoms with Crippen LogP contribution in [0.2, 0.25) is 0 Å². The van der Waals surface area contributed by atoms with Gasteiger partial charge in [-0.2, -0.15) is 5.10 Å². The second-order valence-electron chi connectivity index (χ2n) is 8.35. The van der Waals surface area contributed by atoms with Crippen LogP contribution < -0.4 is 10.7 Å². The summed E-state index contributed by atoms with van der Waals surface area (Å²) >= 11 is 0. The number of carbonyl (C=O) groups excluding carboxylic acids is 2. The maximum absolute atomic E-state index is 13.0. The maximum atomic E-state index is 13.0. The summed E-state index contributed by atoms with van der Waals surface area (Å²) in [5, 5.41) is 7.34. The van der Waals surface area contributed by atoms with Crippen molar-refractivity contribution in [1.29, 1.82) is 0 Å². The minimum absolute atomic E-state index is 0.265. The Morgan fingerprint density at radius 1 is 0.906 bits per heavy atom. The molecule has 0 saturated carbocycles. The van der Waals surface area contributed by atoms with E-state index in [4.69, 9.17) is 4.42 Å². The van der Waals surface area contributed by atoms with E-state index in [1.165, 1.54) is 0 Å². The Balaban J connectivity index is 1.57. The first-order valence-corrected chi connectivity index (χ1v) is 10.8. The summed E-state index contributed by atoms with van der Waals surface area (Å²) < 4.78 is 5.96. The molecule has 0 atom stereocenters. The third kappa shape index (κ3) is 4.35. The van der Waals surface area contributed by atoms with E-state index in [0.29, 0.717) is 12.0 Å². The Bertz CT molecular complexity index is 1220. The van der Waals surface area contributed by atoms with Gasteiger partial charge in [-0.25, -0.2) is 5.43 Å². The fraction of sp³-hybridized carbons (Fsp3) is 0.269. The van der Waals surface area contributed by atoms with Gasteiger partial charge < -0.3 is 9.73 Å². The average Bonchev–Trinajstić information content (AvgIpc) is 3.12. The van der Waals surface area contributed by atoms with Gasteiger partial charge >= 0.3 is 0 Å². The zero-order valence-electron chi connectivity index (χ0n) is 18.8. The normalized spacial score (nSPS) is 14.2. The Morgan fingerprint density at radius 2 is 1.62 bits per heavy atom. The van der Waals surface area contributed by atoms with Gasteiger partial charge in [-0.1, -0.05) is 35.4 Å². The predicted octanol–water partition coefficient (Wildman–Crippen LogP) is 5.24. The maximum Gasteiger partial charge on any atom is 0.291 e. The summed E-state index contributed by atoms with van der Waals surface area (Å²) in [5.41, 5.74) is 9.48. The van der Waals surface area contributed by atoms with Crippen LogP contribution in [0.1, 0.15) is 67.3 Å². The number of hydrogen-bond acceptors (Lipinski definition) is 4. The van der Waals surface area contributed by atoms with Crippen molar-refractivity contribution in [1.82, 2.24) is 5.43 Å². The molecule has 32 heavy (non-hydrogen) atoms. The fourth-order valence-corrected chi connectivity index (χ4v) is 4.02. The molecule has 1 heterocycles. The zero-order valence-corrected chi connectivity index (χ0v) is 18.8. The molecule has 6 heteroatoms. The van der Waals surface area contributed by atoms with Gasteiger partial charge in [0.15, 0.2) is 5.76 Å². The summed E-state index contributed by atoms with van der Waals surface area (Å²) in [4.78, 5) is 25.4. The van der Waals surface area contributed by atoms with Gasteiger partial charge in [0.1, 0.15) is 5.76 Å². The Kier molecular flexibility index (Phi) is 5.95. The van der Waals surface area contributed by atoms with Gasteiger partial charge in [0.25, 0.3) is 11.8 Å². The molecule has 6 nitrogen and oxygen atoms in total. The number of aryl methyl sites for hydroxylation is 4. The highest BCUT2D eigenvalue weighted by molar-refractivity contribution is 6.09. The molecule has 2 N–H and O–H groups in total. The number of nitrogens with zero attached hydrogens (tertiary/aromatic N) is 1. The quantitative estimate of drug-likeness (QED) is 0.557. The molecule has 2 amide bonds. The SMILES string of the molecule is Cc1ccc(C(=O)N/N=C2\CCCc3oc(C(=O)Nc4ccc(C)cc4C)c(C)c32)cc1. The van der Waals surface area contributed by atoms with Crippen LogP contribution in [0.4, 0.5) is 5.69 Å². The van der Waals surface area contributed by atoms with Crippen LogP contribution in [0.5, 0.6) is 0 Å². The standard InChI is InChI=1S/C26H27N3O3/c1-15-8-11-19(12-9-15)25(30)29-28-21-6-5-7-22-23(21)18(4)24(32-22)26(31)27-20-13-10-16(2)14-17(20)3/h8-14H,5-7H2,1-4H3,(H,27,31)(H,29,30)/b28-21+. The van der Waals surface area contributed by atoms with Gasteiger partial charge in [-0.15, -0.1) is 0 Å². The lowest BCUT2D eigenvalue weighted by Crippen LogP contribution is -2.22. The van der Waals surface area contributed by atoms with E-state index in [1.54, 1.807) is 12.1 Å². The van der Waals surface area contributed by atoms with E-state index in [-0.39, 0.29) is 17.6 Å². The molecule has 3 aromatic rings. The van der Waals surface area contributed by atoms with E-state index < -0.39 is 0 Å². The molecule has 0 aliphatic heterocycles. The van der Waals surface area contributed by atoms with Crippen molar-refractivity contribution in [2.45, 2.75) is 47.0 Å². The van der Waals surface area contributed by atoms with Crippen LogP contribution in [-0.4, -0.2) is 17.5 Å². The Morgan fingerprint density at radius 3 is 2.34 bits per heavy atom. The molecule has 0 saturated heterocycles. The number of fused-ring (bicyclic) bond motifs is 1.